The number of nitrogens with one attached hydrogen (secondary N) is 1. The van der Waals surface area contributed by atoms with Gasteiger partial charge in [0.25, 0.3) is 0 Å². The van der Waals surface area contributed by atoms with Crippen LogP contribution in [-0.2, 0) is 14.8 Å². The Hall–Kier alpha value is -3.81. The van der Waals surface area contributed by atoms with Crippen LogP contribution in [0.25, 0.3) is 5.69 Å². The van der Waals surface area contributed by atoms with E-state index in [1.165, 1.54) is 47.6 Å². The number of carboxylic acid groups (broad SMARTS) is 1. The van der Waals surface area contributed by atoms with Crippen molar-refractivity contribution in [1.82, 2.24) is 19.0 Å². The maximum Gasteiger partial charge on any atom is 0.356 e. The molecule has 2 heterocycles. The van der Waals surface area contributed by atoms with Crippen LogP contribution in [0.3, 0.4) is 0 Å². The Kier molecular flexibility index (Phi) is 9.04. The highest BCUT2D eigenvalue weighted by atomic mass is 32.2. The van der Waals surface area contributed by atoms with Crippen LogP contribution >= 0.6 is 0 Å². The van der Waals surface area contributed by atoms with Crippen LogP contribution in [0.1, 0.15) is 50.2 Å². The van der Waals surface area contributed by atoms with Crippen LogP contribution in [-0.4, -0.2) is 77.1 Å². The Morgan fingerprint density at radius 3 is 2.38 bits per heavy atom. The predicted molar refractivity (Wildman–Crippen MR) is 155 cm³/mol. The number of benzene rings is 2. The van der Waals surface area contributed by atoms with Crippen molar-refractivity contribution in [2.75, 3.05) is 38.0 Å². The van der Waals surface area contributed by atoms with Crippen LogP contribution in [0.2, 0.25) is 0 Å². The monoisotopic (exact) mass is 601 g/mol. The summed E-state index contributed by atoms with van der Waals surface area (Å²) in [5.41, 5.74) is -0.0410. The van der Waals surface area contributed by atoms with Gasteiger partial charge in [0.15, 0.2) is 5.69 Å². The Balaban J connectivity index is 1.81. The molecule has 13 heteroatoms. The first-order valence-corrected chi connectivity index (χ1v) is 15.1. The molecule has 2 N–H and O–H groups in total. The van der Waals surface area contributed by atoms with E-state index in [2.05, 4.69) is 15.3 Å². The molecule has 1 amide bonds. The molecule has 42 heavy (non-hydrogen) atoms. The normalized spacial score (nSPS) is 15.0. The van der Waals surface area contributed by atoms with Gasteiger partial charge < -0.3 is 20.1 Å². The zero-order chi connectivity index (χ0) is 30.8. The summed E-state index contributed by atoms with van der Waals surface area (Å²) in [6, 6.07) is 9.61. The molecule has 0 atom stereocenters. The van der Waals surface area contributed by atoms with Crippen LogP contribution in [0.15, 0.2) is 47.4 Å². The summed E-state index contributed by atoms with van der Waals surface area (Å²) in [4.78, 5) is 26.5. The number of hydrogen-bond donors (Lipinski definition) is 2. The van der Waals surface area contributed by atoms with Gasteiger partial charge in [-0.2, -0.15) is 14.1 Å². The van der Waals surface area contributed by atoms with E-state index in [4.69, 9.17) is 4.74 Å². The van der Waals surface area contributed by atoms with Gasteiger partial charge in [-0.3, -0.25) is 4.79 Å². The number of halogens is 1. The summed E-state index contributed by atoms with van der Waals surface area (Å²) in [5, 5.41) is 16.6. The van der Waals surface area contributed by atoms with E-state index in [0.717, 1.165) is 17.3 Å². The number of sulfonamides is 1. The lowest BCUT2D eigenvalue weighted by Gasteiger charge is -2.33. The van der Waals surface area contributed by atoms with Crippen LogP contribution in [0, 0.1) is 18.2 Å². The molecule has 226 valence electrons. The van der Waals surface area contributed by atoms with Gasteiger partial charge in [-0.25, -0.2) is 17.6 Å². The number of aromatic carboxylic acids is 1. The molecule has 3 aromatic rings. The fourth-order valence-electron chi connectivity index (χ4n) is 4.67. The van der Waals surface area contributed by atoms with E-state index >= 15 is 0 Å². The Morgan fingerprint density at radius 1 is 1.10 bits per heavy atom. The highest BCUT2D eigenvalue weighted by molar-refractivity contribution is 7.89. The van der Waals surface area contributed by atoms with Crippen molar-refractivity contribution in [2.24, 2.45) is 5.41 Å². The first-order valence-electron chi connectivity index (χ1n) is 13.6. The topological polar surface area (TPSA) is 134 Å². The molecule has 1 aromatic heterocycles. The fourth-order valence-corrected chi connectivity index (χ4v) is 6.24. The second-order valence-electron chi connectivity index (χ2n) is 11.4. The zero-order valence-electron chi connectivity index (χ0n) is 24.3. The Morgan fingerprint density at radius 2 is 1.79 bits per heavy atom. The second-order valence-corrected chi connectivity index (χ2v) is 13.3. The molecule has 1 saturated heterocycles. The number of ether oxygens (including phenoxy) is 1. The van der Waals surface area contributed by atoms with Crippen molar-refractivity contribution in [3.05, 3.63) is 59.5 Å². The summed E-state index contributed by atoms with van der Waals surface area (Å²) in [7, 11) is -4.12. The van der Waals surface area contributed by atoms with E-state index in [1.807, 2.05) is 27.7 Å². The number of rotatable bonds is 9. The van der Waals surface area contributed by atoms with Crippen LogP contribution in [0.4, 0.5) is 10.1 Å². The first kappa shape index (κ1) is 31.1. The highest BCUT2D eigenvalue weighted by Gasteiger charge is 2.33. The molecule has 2 aromatic carbocycles. The van der Waals surface area contributed by atoms with Crippen molar-refractivity contribution in [2.45, 2.75) is 45.9 Å². The first-order chi connectivity index (χ1) is 19.7. The van der Waals surface area contributed by atoms with E-state index in [9.17, 15) is 27.5 Å². The quantitative estimate of drug-likeness (QED) is 0.366. The van der Waals surface area contributed by atoms with E-state index in [-0.39, 0.29) is 70.0 Å². The van der Waals surface area contributed by atoms with Crippen molar-refractivity contribution in [3.8, 4) is 17.3 Å². The SMILES string of the molecule is CCN1CCN(S(=O)(=O)c2cc(NC(=O)CC(C)(C)C)ccc2Oc2c(C)c(C(=O)O)nn2-c2cccc(F)c2)CC1. The number of piperazine rings is 1. The standard InChI is InChI=1S/C29H36FN5O6S/c1-6-33-12-14-34(15-13-33)42(39,40)24-17-21(31-25(36)18-29(3,4)5)10-11-23(24)41-27-19(2)26(28(37)38)32-35(27)22-9-7-8-20(30)16-22/h7-11,16-17H,6,12-15,18H2,1-5H3,(H,31,36)(H,37,38). The lowest BCUT2D eigenvalue weighted by Crippen LogP contribution is -2.48. The predicted octanol–water partition coefficient (Wildman–Crippen LogP) is 4.51. The fraction of sp³-hybridized carbons (Fsp3) is 0.414. The molecule has 0 saturated carbocycles. The van der Waals surface area contributed by atoms with Crippen molar-refractivity contribution in [3.63, 3.8) is 0 Å². The molecule has 11 nitrogen and oxygen atoms in total. The number of hydrogen-bond acceptors (Lipinski definition) is 7. The summed E-state index contributed by atoms with van der Waals surface area (Å²) >= 11 is 0. The molecule has 0 bridgehead atoms. The van der Waals surface area contributed by atoms with E-state index in [0.29, 0.717) is 13.1 Å². The number of nitrogens with zero attached hydrogens (tertiary/aromatic N) is 4. The average molecular weight is 602 g/mol. The number of aromatic nitrogens is 2. The van der Waals surface area contributed by atoms with E-state index in [1.54, 1.807) is 0 Å². The maximum atomic E-state index is 14.1. The van der Waals surface area contributed by atoms with Gasteiger partial charge >= 0.3 is 5.97 Å². The van der Waals surface area contributed by atoms with Crippen molar-refractivity contribution < 1.29 is 32.2 Å². The molecular weight excluding hydrogens is 565 g/mol. The Labute approximate surface area is 244 Å². The minimum absolute atomic E-state index is 0.0882. The smallest absolute Gasteiger partial charge is 0.356 e. The average Bonchev–Trinajstić information content (AvgIpc) is 3.24. The Bertz CT molecular complexity index is 1590. The number of anilines is 1. The van der Waals surface area contributed by atoms with Crippen LogP contribution in [0.5, 0.6) is 11.6 Å². The highest BCUT2D eigenvalue weighted by Crippen LogP contribution is 2.37. The summed E-state index contributed by atoms with van der Waals surface area (Å²) in [6.07, 6.45) is 0.219. The van der Waals surface area contributed by atoms with Crippen molar-refractivity contribution in [1.29, 1.82) is 0 Å². The number of carbonyl (C=O) groups is 2. The third-order valence-electron chi connectivity index (χ3n) is 6.85. The van der Waals surface area contributed by atoms with E-state index < -0.39 is 21.8 Å². The molecule has 0 spiro atoms. The lowest BCUT2D eigenvalue weighted by atomic mass is 9.92. The summed E-state index contributed by atoms with van der Waals surface area (Å²) < 4.78 is 50.7. The number of amides is 1. The van der Waals surface area contributed by atoms with Gasteiger partial charge in [0, 0.05) is 43.9 Å². The van der Waals surface area contributed by atoms with Gasteiger partial charge in [0.2, 0.25) is 21.8 Å². The maximum absolute atomic E-state index is 14.1. The molecule has 1 aliphatic heterocycles. The van der Waals surface area contributed by atoms with Crippen LogP contribution < -0.4 is 10.1 Å². The summed E-state index contributed by atoms with van der Waals surface area (Å²) in [5.74, 6) is -2.37. The zero-order valence-corrected chi connectivity index (χ0v) is 25.2. The van der Waals surface area contributed by atoms with Crippen molar-refractivity contribution >= 4 is 27.6 Å². The minimum Gasteiger partial charge on any atom is -0.476 e. The summed E-state index contributed by atoms with van der Waals surface area (Å²) in [6.45, 7) is 11.7. The molecule has 0 unspecified atom stereocenters. The third-order valence-corrected chi connectivity index (χ3v) is 8.76. The molecule has 1 aliphatic rings. The van der Waals surface area contributed by atoms with Gasteiger partial charge in [-0.05, 0) is 55.3 Å². The molecule has 1 fully saturated rings. The molecule has 0 radical (unpaired) electrons. The number of carbonyl (C=O) groups excluding carboxylic acids is 1. The minimum atomic E-state index is -4.12. The second kappa shape index (κ2) is 12.2. The molecular formula is C29H36FN5O6S. The lowest BCUT2D eigenvalue weighted by molar-refractivity contribution is -0.117. The number of likely N-dealkylation sites (N-methyl/N-ethyl adjacent to an activating group) is 1. The molecule has 0 aliphatic carbocycles. The van der Waals surface area contributed by atoms with Gasteiger partial charge in [-0.1, -0.05) is 33.8 Å². The largest absolute Gasteiger partial charge is 0.476 e. The van der Waals surface area contributed by atoms with Gasteiger partial charge in [-0.15, -0.1) is 0 Å². The van der Waals surface area contributed by atoms with Gasteiger partial charge in [0.1, 0.15) is 16.5 Å². The number of carboxylic acids is 1. The van der Waals surface area contributed by atoms with Gasteiger partial charge in [0.05, 0.1) is 5.69 Å². The molecule has 4 rings (SSSR count). The third kappa shape index (κ3) is 6.97.